The Bertz CT molecular complexity index is 983. The first kappa shape index (κ1) is 17.7. The molecule has 134 valence electrons. The van der Waals surface area contributed by atoms with E-state index in [4.69, 9.17) is 9.47 Å². The molecule has 0 aliphatic carbocycles. The molecular formula is C20H20N2O4. The lowest BCUT2D eigenvalue weighted by Crippen LogP contribution is -2.23. The number of esters is 2. The zero-order valence-electron chi connectivity index (χ0n) is 15.1. The maximum Gasteiger partial charge on any atom is 0.338 e. The molecule has 0 unspecified atom stereocenters. The Morgan fingerprint density at radius 2 is 1.81 bits per heavy atom. The molecule has 0 saturated heterocycles. The molecule has 1 heterocycles. The second kappa shape index (κ2) is 6.63. The van der Waals surface area contributed by atoms with Gasteiger partial charge in [0.1, 0.15) is 11.1 Å². The van der Waals surface area contributed by atoms with Gasteiger partial charge in [-0.2, -0.15) is 5.10 Å². The predicted octanol–water partition coefficient (Wildman–Crippen LogP) is 3.91. The molecule has 6 heteroatoms. The molecule has 0 spiro atoms. The van der Waals surface area contributed by atoms with Gasteiger partial charge in [-0.15, -0.1) is 0 Å². The Balaban J connectivity index is 1.98. The molecule has 0 radical (unpaired) electrons. The second-order valence-corrected chi connectivity index (χ2v) is 6.91. The number of hydrogen-bond donors (Lipinski definition) is 0. The summed E-state index contributed by atoms with van der Waals surface area (Å²) in [4.78, 5) is 23.5. The smallest absolute Gasteiger partial charge is 0.338 e. The van der Waals surface area contributed by atoms with Crippen LogP contribution in [0.2, 0.25) is 0 Å². The van der Waals surface area contributed by atoms with Crippen LogP contribution in [-0.2, 0) is 9.53 Å². The van der Waals surface area contributed by atoms with Crippen LogP contribution in [-0.4, -0.2) is 27.3 Å². The van der Waals surface area contributed by atoms with Gasteiger partial charge in [-0.3, -0.25) is 4.79 Å². The Kier molecular flexibility index (Phi) is 4.50. The number of rotatable bonds is 3. The fraction of sp³-hybridized carbons (Fsp3) is 0.250. The average molecular weight is 352 g/mol. The van der Waals surface area contributed by atoms with Crippen LogP contribution in [0.4, 0.5) is 0 Å². The Morgan fingerprint density at radius 3 is 2.50 bits per heavy atom. The van der Waals surface area contributed by atoms with Gasteiger partial charge in [0, 0.05) is 18.5 Å². The normalized spacial score (nSPS) is 11.4. The van der Waals surface area contributed by atoms with Crippen LogP contribution in [0.3, 0.4) is 0 Å². The molecule has 1 aromatic heterocycles. The fourth-order valence-corrected chi connectivity index (χ4v) is 2.50. The van der Waals surface area contributed by atoms with Gasteiger partial charge in [-0.1, -0.05) is 18.2 Å². The van der Waals surface area contributed by atoms with E-state index in [9.17, 15) is 9.59 Å². The van der Waals surface area contributed by atoms with Crippen LogP contribution in [0.15, 0.2) is 48.7 Å². The molecule has 2 aromatic carbocycles. The average Bonchev–Trinajstić information content (AvgIpc) is 2.98. The standard InChI is InChI=1S/C20H20N2O4/c1-13(23)25-17-10-6-8-15-12-22(21-18(15)17)16-9-5-7-14(11-16)19(24)26-20(2,3)4/h5-12H,1-4H3. The zero-order valence-corrected chi connectivity index (χ0v) is 15.1. The van der Waals surface area contributed by atoms with Crippen LogP contribution in [0.25, 0.3) is 16.6 Å². The summed E-state index contributed by atoms with van der Waals surface area (Å²) in [5.74, 6) is -0.396. The Labute approximate surface area is 151 Å². The molecule has 0 atom stereocenters. The fourth-order valence-electron chi connectivity index (χ4n) is 2.50. The monoisotopic (exact) mass is 352 g/mol. The van der Waals surface area contributed by atoms with Crippen LogP contribution >= 0.6 is 0 Å². The summed E-state index contributed by atoms with van der Waals surface area (Å²) >= 11 is 0. The largest absolute Gasteiger partial charge is 0.456 e. The highest BCUT2D eigenvalue weighted by Crippen LogP contribution is 2.26. The van der Waals surface area contributed by atoms with Crippen molar-refractivity contribution in [2.75, 3.05) is 0 Å². The lowest BCUT2D eigenvalue weighted by Gasteiger charge is -2.19. The van der Waals surface area contributed by atoms with Gasteiger partial charge >= 0.3 is 11.9 Å². The summed E-state index contributed by atoms with van der Waals surface area (Å²) in [6.45, 7) is 6.82. The third-order valence-corrected chi connectivity index (χ3v) is 3.50. The van der Waals surface area contributed by atoms with Gasteiger partial charge < -0.3 is 9.47 Å². The molecule has 0 aliphatic heterocycles. The summed E-state index contributed by atoms with van der Waals surface area (Å²) < 4.78 is 12.3. The number of carbonyl (C=O) groups excluding carboxylic acids is 2. The lowest BCUT2D eigenvalue weighted by molar-refractivity contribution is -0.131. The maximum absolute atomic E-state index is 12.3. The van der Waals surface area contributed by atoms with E-state index in [2.05, 4.69) is 5.10 Å². The molecule has 26 heavy (non-hydrogen) atoms. The first-order valence-electron chi connectivity index (χ1n) is 8.23. The second-order valence-electron chi connectivity index (χ2n) is 6.91. The van der Waals surface area contributed by atoms with Crippen LogP contribution in [0.1, 0.15) is 38.1 Å². The van der Waals surface area contributed by atoms with E-state index in [-0.39, 0.29) is 0 Å². The van der Waals surface area contributed by atoms with Crippen molar-refractivity contribution in [2.24, 2.45) is 0 Å². The number of carbonyl (C=O) groups is 2. The molecule has 3 rings (SSSR count). The molecule has 0 fully saturated rings. The predicted molar refractivity (Wildman–Crippen MR) is 97.5 cm³/mol. The minimum absolute atomic E-state index is 0.392. The summed E-state index contributed by atoms with van der Waals surface area (Å²) in [7, 11) is 0. The van der Waals surface area contributed by atoms with E-state index >= 15 is 0 Å². The number of ether oxygens (including phenoxy) is 2. The number of fused-ring (bicyclic) bond motifs is 1. The van der Waals surface area contributed by atoms with Crippen molar-refractivity contribution >= 4 is 22.8 Å². The Hall–Kier alpha value is -3.15. The SMILES string of the molecule is CC(=O)Oc1cccc2cn(-c3cccc(C(=O)OC(C)(C)C)c3)nc12. The molecule has 0 aliphatic rings. The third kappa shape index (κ3) is 3.91. The van der Waals surface area contributed by atoms with Crippen molar-refractivity contribution in [1.29, 1.82) is 0 Å². The van der Waals surface area contributed by atoms with Gasteiger partial charge in [0.05, 0.1) is 11.3 Å². The highest BCUT2D eigenvalue weighted by Gasteiger charge is 2.18. The van der Waals surface area contributed by atoms with Crippen LogP contribution in [0, 0.1) is 0 Å². The number of hydrogen-bond acceptors (Lipinski definition) is 5. The van der Waals surface area contributed by atoms with Crippen molar-refractivity contribution in [3.8, 4) is 11.4 Å². The van der Waals surface area contributed by atoms with E-state index in [0.29, 0.717) is 22.5 Å². The minimum Gasteiger partial charge on any atom is -0.456 e. The van der Waals surface area contributed by atoms with E-state index in [1.54, 1.807) is 35.0 Å². The summed E-state index contributed by atoms with van der Waals surface area (Å²) in [5, 5.41) is 5.32. The third-order valence-electron chi connectivity index (χ3n) is 3.50. The van der Waals surface area contributed by atoms with E-state index in [0.717, 1.165) is 5.39 Å². The van der Waals surface area contributed by atoms with Crippen molar-refractivity contribution in [3.63, 3.8) is 0 Å². The first-order valence-corrected chi connectivity index (χ1v) is 8.23. The summed E-state index contributed by atoms with van der Waals surface area (Å²) in [5.41, 5.74) is 1.16. The summed E-state index contributed by atoms with van der Waals surface area (Å²) in [6.07, 6.45) is 1.82. The number of aromatic nitrogens is 2. The maximum atomic E-state index is 12.3. The quantitative estimate of drug-likeness (QED) is 0.528. The van der Waals surface area contributed by atoms with E-state index in [1.807, 2.05) is 39.1 Å². The molecule has 0 N–H and O–H groups in total. The molecular weight excluding hydrogens is 332 g/mol. The molecule has 0 amide bonds. The van der Waals surface area contributed by atoms with Gasteiger partial charge in [-0.25, -0.2) is 9.48 Å². The topological polar surface area (TPSA) is 70.4 Å². The van der Waals surface area contributed by atoms with Crippen molar-refractivity contribution in [1.82, 2.24) is 9.78 Å². The van der Waals surface area contributed by atoms with E-state index in [1.165, 1.54) is 6.92 Å². The number of benzene rings is 2. The van der Waals surface area contributed by atoms with Crippen molar-refractivity contribution < 1.29 is 19.1 Å². The lowest BCUT2D eigenvalue weighted by atomic mass is 10.1. The zero-order chi connectivity index (χ0) is 18.9. The van der Waals surface area contributed by atoms with Crippen LogP contribution in [0.5, 0.6) is 5.75 Å². The van der Waals surface area contributed by atoms with Crippen LogP contribution < -0.4 is 4.74 Å². The molecule has 0 bridgehead atoms. The van der Waals surface area contributed by atoms with E-state index < -0.39 is 17.5 Å². The van der Waals surface area contributed by atoms with Crippen molar-refractivity contribution in [2.45, 2.75) is 33.3 Å². The van der Waals surface area contributed by atoms with Crippen molar-refractivity contribution in [3.05, 3.63) is 54.2 Å². The highest BCUT2D eigenvalue weighted by molar-refractivity contribution is 5.90. The molecule has 6 nitrogen and oxygen atoms in total. The minimum atomic E-state index is -0.563. The highest BCUT2D eigenvalue weighted by atomic mass is 16.6. The molecule has 3 aromatic rings. The van der Waals surface area contributed by atoms with Gasteiger partial charge in [0.2, 0.25) is 0 Å². The Morgan fingerprint density at radius 1 is 1.08 bits per heavy atom. The first-order chi connectivity index (χ1) is 12.2. The van der Waals surface area contributed by atoms with Gasteiger partial charge in [0.15, 0.2) is 5.75 Å². The molecule has 0 saturated carbocycles. The van der Waals surface area contributed by atoms with Gasteiger partial charge in [0.25, 0.3) is 0 Å². The summed E-state index contributed by atoms with van der Waals surface area (Å²) in [6, 6.07) is 12.4. The van der Waals surface area contributed by atoms with Gasteiger partial charge in [-0.05, 0) is 45.0 Å². The number of nitrogens with zero attached hydrogens (tertiary/aromatic N) is 2.